The average molecular weight is 474 g/mol. The molecule has 0 bridgehead atoms. The van der Waals surface area contributed by atoms with Crippen LogP contribution in [-0.4, -0.2) is 46.9 Å². The highest BCUT2D eigenvalue weighted by atomic mass is 35.5. The lowest BCUT2D eigenvalue weighted by atomic mass is 10.0. The smallest absolute Gasteiger partial charge is 0.287 e. The molecular formula is C23H28ClN5O2S. The van der Waals surface area contributed by atoms with Crippen molar-refractivity contribution in [3.8, 4) is 6.07 Å². The first kappa shape index (κ1) is 23.1. The van der Waals surface area contributed by atoms with Crippen molar-refractivity contribution >= 4 is 29.2 Å². The van der Waals surface area contributed by atoms with Crippen LogP contribution < -0.4 is 10.9 Å². The number of hydrogen-bond donors (Lipinski definition) is 1. The molecule has 0 radical (unpaired) electrons. The number of piperidine rings is 1. The van der Waals surface area contributed by atoms with Crippen LogP contribution in [0.1, 0.15) is 42.9 Å². The molecule has 1 unspecified atom stereocenters. The molecule has 7 nitrogen and oxygen atoms in total. The van der Waals surface area contributed by atoms with Crippen molar-refractivity contribution in [3.05, 3.63) is 50.9 Å². The maximum Gasteiger partial charge on any atom is 0.287 e. The highest BCUT2D eigenvalue weighted by molar-refractivity contribution is 7.97. The number of rotatable bonds is 6. The molecule has 3 heterocycles. The summed E-state index contributed by atoms with van der Waals surface area (Å²) in [6.07, 6.45) is 5.50. The molecule has 2 aliphatic rings. The van der Waals surface area contributed by atoms with E-state index in [2.05, 4.69) is 27.7 Å². The Labute approximate surface area is 197 Å². The maximum absolute atomic E-state index is 12.9. The molecule has 32 heavy (non-hydrogen) atoms. The Morgan fingerprint density at radius 2 is 2.16 bits per heavy atom. The minimum absolute atomic E-state index is 0.0317. The van der Waals surface area contributed by atoms with Gasteiger partial charge in [0.15, 0.2) is 0 Å². The fourth-order valence-corrected chi connectivity index (χ4v) is 5.40. The van der Waals surface area contributed by atoms with Gasteiger partial charge in [-0.2, -0.15) is 10.4 Å². The second kappa shape index (κ2) is 10.7. The van der Waals surface area contributed by atoms with Gasteiger partial charge in [0.25, 0.3) is 5.56 Å². The van der Waals surface area contributed by atoms with Gasteiger partial charge in [-0.1, -0.05) is 17.7 Å². The van der Waals surface area contributed by atoms with E-state index in [1.165, 1.54) is 0 Å². The summed E-state index contributed by atoms with van der Waals surface area (Å²) in [5.41, 5.74) is 2.19. The van der Waals surface area contributed by atoms with Gasteiger partial charge in [0.1, 0.15) is 5.02 Å². The predicted molar refractivity (Wildman–Crippen MR) is 127 cm³/mol. The molecule has 170 valence electrons. The summed E-state index contributed by atoms with van der Waals surface area (Å²) < 4.78 is 9.34. The third-order valence-corrected chi connectivity index (χ3v) is 7.72. The minimum Gasteiger partial charge on any atom is -0.382 e. The van der Waals surface area contributed by atoms with Crippen molar-refractivity contribution in [2.75, 3.05) is 38.2 Å². The number of aryl methyl sites for hydroxylation is 1. The molecule has 4 rings (SSSR count). The van der Waals surface area contributed by atoms with Crippen LogP contribution in [0.5, 0.6) is 0 Å². The second-order valence-corrected chi connectivity index (χ2v) is 9.95. The van der Waals surface area contributed by atoms with Gasteiger partial charge in [-0.3, -0.25) is 4.79 Å². The monoisotopic (exact) mass is 473 g/mol. The van der Waals surface area contributed by atoms with Crippen molar-refractivity contribution in [3.63, 3.8) is 0 Å². The molecular weight excluding hydrogens is 446 g/mol. The van der Waals surface area contributed by atoms with Crippen molar-refractivity contribution in [2.24, 2.45) is 5.92 Å². The number of nitrogens with one attached hydrogen (secondary N) is 1. The normalized spacial score (nSPS) is 20.1. The van der Waals surface area contributed by atoms with Crippen LogP contribution in [0.25, 0.3) is 0 Å². The average Bonchev–Trinajstić information content (AvgIpc) is 2.83. The van der Waals surface area contributed by atoms with Crippen molar-refractivity contribution in [1.29, 1.82) is 5.26 Å². The van der Waals surface area contributed by atoms with E-state index in [0.717, 1.165) is 69.0 Å². The van der Waals surface area contributed by atoms with Gasteiger partial charge in [0.05, 0.1) is 36.2 Å². The first-order valence-corrected chi connectivity index (χ1v) is 12.2. The molecule has 0 saturated carbocycles. The molecule has 2 aromatic rings. The number of aromatic nitrogens is 2. The summed E-state index contributed by atoms with van der Waals surface area (Å²) in [6, 6.07) is 7.99. The van der Waals surface area contributed by atoms with Crippen LogP contribution in [0, 0.1) is 24.2 Å². The van der Waals surface area contributed by atoms with E-state index >= 15 is 0 Å². The minimum atomic E-state index is -0.236. The largest absolute Gasteiger partial charge is 0.382 e. The zero-order chi connectivity index (χ0) is 22.5. The number of anilines is 1. The van der Waals surface area contributed by atoms with Gasteiger partial charge in [-0.05, 0) is 68.2 Å². The Morgan fingerprint density at radius 3 is 2.88 bits per heavy atom. The van der Waals surface area contributed by atoms with Crippen LogP contribution in [0.15, 0.2) is 34.1 Å². The number of nitriles is 1. The summed E-state index contributed by atoms with van der Waals surface area (Å²) in [6.45, 7) is 6.02. The summed E-state index contributed by atoms with van der Waals surface area (Å²) in [5.74, 6) is 0.432. The summed E-state index contributed by atoms with van der Waals surface area (Å²) in [4.78, 5) is 14.0. The standard InChI is InChI=1S/C23H28ClN5O2S/c1-16-4-5-17(12-25)11-21(16)32-28-8-6-19(7-9-28)29-23(30)22(24)20(14-27-29)26-13-18-3-2-10-31-15-18/h4-5,11,14,18-19,26H,2-3,6-10,13,15H2,1H3. The SMILES string of the molecule is Cc1ccc(C#N)cc1SN1CCC(n2ncc(NCC3CCCOC3)c(Cl)c2=O)CC1. The lowest BCUT2D eigenvalue weighted by molar-refractivity contribution is 0.0595. The van der Waals surface area contributed by atoms with Crippen molar-refractivity contribution < 1.29 is 4.74 Å². The highest BCUT2D eigenvalue weighted by Crippen LogP contribution is 2.32. The number of nitrogens with zero attached hydrogens (tertiary/aromatic N) is 4. The van der Waals surface area contributed by atoms with E-state index in [0.29, 0.717) is 17.2 Å². The van der Waals surface area contributed by atoms with Crippen LogP contribution in [0.2, 0.25) is 5.02 Å². The predicted octanol–water partition coefficient (Wildman–Crippen LogP) is 4.26. The van der Waals surface area contributed by atoms with E-state index in [4.69, 9.17) is 21.6 Å². The number of benzene rings is 1. The molecule has 0 aliphatic carbocycles. The van der Waals surface area contributed by atoms with Gasteiger partial charge in [0.2, 0.25) is 0 Å². The summed E-state index contributed by atoms with van der Waals surface area (Å²) in [7, 11) is 0. The first-order valence-electron chi connectivity index (χ1n) is 11.1. The summed E-state index contributed by atoms with van der Waals surface area (Å²) >= 11 is 8.09. The van der Waals surface area contributed by atoms with E-state index in [9.17, 15) is 4.79 Å². The molecule has 1 atom stereocenters. The third-order valence-electron chi connectivity index (χ3n) is 6.09. The topological polar surface area (TPSA) is 83.2 Å². The lowest BCUT2D eigenvalue weighted by Gasteiger charge is -2.31. The van der Waals surface area contributed by atoms with Crippen LogP contribution in [0.3, 0.4) is 0 Å². The fourth-order valence-electron chi connectivity index (χ4n) is 4.14. The van der Waals surface area contributed by atoms with E-state index in [1.807, 2.05) is 18.2 Å². The maximum atomic E-state index is 12.9. The van der Waals surface area contributed by atoms with E-state index in [-0.39, 0.29) is 16.6 Å². The first-order chi connectivity index (χ1) is 15.5. The summed E-state index contributed by atoms with van der Waals surface area (Å²) in [5, 5.41) is 17.1. The molecule has 2 saturated heterocycles. The number of halogens is 1. The Bertz CT molecular complexity index is 1040. The molecule has 2 fully saturated rings. The van der Waals surface area contributed by atoms with E-state index in [1.54, 1.807) is 22.8 Å². The number of hydrogen-bond acceptors (Lipinski definition) is 7. The van der Waals surface area contributed by atoms with Gasteiger partial charge in [0, 0.05) is 31.1 Å². The molecule has 0 spiro atoms. The Kier molecular flexibility index (Phi) is 7.74. The van der Waals surface area contributed by atoms with Gasteiger partial charge in [-0.15, -0.1) is 0 Å². The zero-order valence-electron chi connectivity index (χ0n) is 18.2. The van der Waals surface area contributed by atoms with Gasteiger partial charge in [-0.25, -0.2) is 8.99 Å². The van der Waals surface area contributed by atoms with E-state index < -0.39 is 0 Å². The van der Waals surface area contributed by atoms with Crippen molar-refractivity contribution in [2.45, 2.75) is 43.5 Å². The molecule has 0 amide bonds. The molecule has 9 heteroatoms. The number of ether oxygens (including phenoxy) is 1. The van der Waals surface area contributed by atoms with Gasteiger partial charge >= 0.3 is 0 Å². The van der Waals surface area contributed by atoms with Crippen LogP contribution in [0.4, 0.5) is 5.69 Å². The highest BCUT2D eigenvalue weighted by Gasteiger charge is 2.25. The Hall–Kier alpha value is -2.05. The lowest BCUT2D eigenvalue weighted by Crippen LogP contribution is -2.36. The Balaban J connectivity index is 1.35. The Morgan fingerprint density at radius 1 is 1.34 bits per heavy atom. The molecule has 1 aromatic carbocycles. The van der Waals surface area contributed by atoms with Gasteiger partial charge < -0.3 is 10.1 Å². The molecule has 2 aliphatic heterocycles. The van der Waals surface area contributed by atoms with Crippen LogP contribution in [-0.2, 0) is 4.74 Å². The fraction of sp³-hybridized carbons (Fsp3) is 0.522. The molecule has 1 aromatic heterocycles. The molecule has 1 N–H and O–H groups in total. The van der Waals surface area contributed by atoms with Crippen molar-refractivity contribution in [1.82, 2.24) is 14.1 Å². The zero-order valence-corrected chi connectivity index (χ0v) is 19.8. The second-order valence-electron chi connectivity index (χ2n) is 8.43. The third kappa shape index (κ3) is 5.46. The quantitative estimate of drug-likeness (QED) is 0.627. The van der Waals surface area contributed by atoms with Crippen LogP contribution >= 0.6 is 23.5 Å².